The average Bonchev–Trinajstić information content (AvgIpc) is 2.23. The van der Waals surface area contributed by atoms with Crippen molar-refractivity contribution < 1.29 is 0 Å². The highest BCUT2D eigenvalue weighted by Gasteiger charge is 2.15. The Kier molecular flexibility index (Phi) is 3.00. The lowest BCUT2D eigenvalue weighted by Gasteiger charge is -2.29. The molecule has 1 heterocycles. The standard InChI is InChI=1S/C13H17N/c1-14-10-6-5-9-13(14)11-12-7-3-2-4-8-12/h2-8,13H,9-11H2,1H3. The molecule has 0 bridgehead atoms. The third-order valence-corrected chi connectivity index (χ3v) is 2.91. The Morgan fingerprint density at radius 2 is 2.00 bits per heavy atom. The second-order valence-corrected chi connectivity index (χ2v) is 3.99. The summed E-state index contributed by atoms with van der Waals surface area (Å²) in [7, 11) is 2.21. The van der Waals surface area contributed by atoms with Crippen molar-refractivity contribution in [1.82, 2.24) is 4.90 Å². The Morgan fingerprint density at radius 1 is 1.21 bits per heavy atom. The maximum Gasteiger partial charge on any atom is 0.0170 e. The van der Waals surface area contributed by atoms with Crippen molar-refractivity contribution in [3.63, 3.8) is 0 Å². The van der Waals surface area contributed by atoms with Crippen LogP contribution in [0.4, 0.5) is 0 Å². The van der Waals surface area contributed by atoms with E-state index in [1.165, 1.54) is 18.4 Å². The van der Waals surface area contributed by atoms with Crippen LogP contribution in [0.25, 0.3) is 0 Å². The van der Waals surface area contributed by atoms with E-state index in [1.54, 1.807) is 0 Å². The van der Waals surface area contributed by atoms with E-state index in [1.807, 2.05) is 0 Å². The Hall–Kier alpha value is -1.08. The van der Waals surface area contributed by atoms with Crippen molar-refractivity contribution in [3.05, 3.63) is 48.0 Å². The molecule has 1 aliphatic heterocycles. The fourth-order valence-electron chi connectivity index (χ4n) is 1.95. The van der Waals surface area contributed by atoms with Crippen LogP contribution in [0.1, 0.15) is 12.0 Å². The largest absolute Gasteiger partial charge is 0.299 e. The highest BCUT2D eigenvalue weighted by atomic mass is 15.1. The molecule has 1 atom stereocenters. The molecular weight excluding hydrogens is 170 g/mol. The molecule has 1 unspecified atom stereocenters. The molecule has 1 aliphatic rings. The molecular formula is C13H17N. The molecule has 0 aromatic heterocycles. The van der Waals surface area contributed by atoms with Crippen molar-refractivity contribution in [2.75, 3.05) is 13.6 Å². The van der Waals surface area contributed by atoms with Gasteiger partial charge in [0.1, 0.15) is 0 Å². The summed E-state index contributed by atoms with van der Waals surface area (Å²) in [6, 6.07) is 11.4. The van der Waals surface area contributed by atoms with Gasteiger partial charge < -0.3 is 0 Å². The molecule has 1 aromatic carbocycles. The van der Waals surface area contributed by atoms with E-state index >= 15 is 0 Å². The minimum absolute atomic E-state index is 0.683. The first-order valence-corrected chi connectivity index (χ1v) is 5.25. The van der Waals surface area contributed by atoms with Crippen LogP contribution in [0.5, 0.6) is 0 Å². The highest BCUT2D eigenvalue weighted by molar-refractivity contribution is 5.16. The van der Waals surface area contributed by atoms with Crippen molar-refractivity contribution >= 4 is 0 Å². The average molecular weight is 187 g/mol. The fourth-order valence-corrected chi connectivity index (χ4v) is 1.95. The molecule has 0 amide bonds. The number of nitrogens with zero attached hydrogens (tertiary/aromatic N) is 1. The van der Waals surface area contributed by atoms with Crippen LogP contribution in [-0.2, 0) is 6.42 Å². The van der Waals surface area contributed by atoms with Crippen molar-refractivity contribution in [3.8, 4) is 0 Å². The summed E-state index contributed by atoms with van der Waals surface area (Å²) in [5, 5.41) is 0. The van der Waals surface area contributed by atoms with Gasteiger partial charge in [-0.1, -0.05) is 42.5 Å². The van der Waals surface area contributed by atoms with Crippen molar-refractivity contribution in [2.24, 2.45) is 0 Å². The molecule has 74 valence electrons. The SMILES string of the molecule is CN1CC=CCC1Cc1ccccc1. The van der Waals surface area contributed by atoms with Crippen LogP contribution < -0.4 is 0 Å². The van der Waals surface area contributed by atoms with Crippen molar-refractivity contribution in [1.29, 1.82) is 0 Å². The predicted molar refractivity (Wildman–Crippen MR) is 60.3 cm³/mol. The molecule has 0 saturated heterocycles. The van der Waals surface area contributed by atoms with E-state index < -0.39 is 0 Å². The second-order valence-electron chi connectivity index (χ2n) is 3.99. The Balaban J connectivity index is 2.00. The zero-order chi connectivity index (χ0) is 9.80. The van der Waals surface area contributed by atoms with Gasteiger partial charge in [0.25, 0.3) is 0 Å². The van der Waals surface area contributed by atoms with Gasteiger partial charge in [0, 0.05) is 12.6 Å². The Labute approximate surface area is 86.1 Å². The van der Waals surface area contributed by atoms with Crippen LogP contribution in [-0.4, -0.2) is 24.5 Å². The fraction of sp³-hybridized carbons (Fsp3) is 0.385. The summed E-state index contributed by atoms with van der Waals surface area (Å²) in [6.45, 7) is 1.09. The van der Waals surface area contributed by atoms with E-state index in [9.17, 15) is 0 Å². The first kappa shape index (κ1) is 9.47. The quantitative estimate of drug-likeness (QED) is 0.643. The Bertz CT molecular complexity index is 302. The molecule has 0 aliphatic carbocycles. The molecule has 0 fully saturated rings. The normalized spacial score (nSPS) is 22.5. The molecule has 2 rings (SSSR count). The number of benzene rings is 1. The maximum absolute atomic E-state index is 2.42. The van der Waals surface area contributed by atoms with Gasteiger partial charge >= 0.3 is 0 Å². The van der Waals surface area contributed by atoms with Gasteiger partial charge in [0.05, 0.1) is 0 Å². The van der Waals surface area contributed by atoms with E-state index in [2.05, 4.69) is 54.4 Å². The number of rotatable bonds is 2. The number of hydrogen-bond donors (Lipinski definition) is 0. The predicted octanol–water partition coefficient (Wildman–Crippen LogP) is 2.49. The minimum atomic E-state index is 0.683. The zero-order valence-corrected chi connectivity index (χ0v) is 8.69. The lowest BCUT2D eigenvalue weighted by molar-refractivity contribution is 0.255. The van der Waals surface area contributed by atoms with Gasteiger partial charge in [-0.2, -0.15) is 0 Å². The van der Waals surface area contributed by atoms with E-state index in [-0.39, 0.29) is 0 Å². The Morgan fingerprint density at radius 3 is 2.71 bits per heavy atom. The summed E-state index contributed by atoms with van der Waals surface area (Å²) in [4.78, 5) is 2.42. The van der Waals surface area contributed by atoms with Gasteiger partial charge in [-0.05, 0) is 25.5 Å². The highest BCUT2D eigenvalue weighted by Crippen LogP contribution is 2.14. The lowest BCUT2D eigenvalue weighted by Crippen LogP contribution is -2.35. The number of hydrogen-bond acceptors (Lipinski definition) is 1. The van der Waals surface area contributed by atoms with Crippen LogP contribution >= 0.6 is 0 Å². The van der Waals surface area contributed by atoms with E-state index in [0.717, 1.165) is 6.54 Å². The molecule has 14 heavy (non-hydrogen) atoms. The minimum Gasteiger partial charge on any atom is -0.299 e. The van der Waals surface area contributed by atoms with Crippen LogP contribution in [0.15, 0.2) is 42.5 Å². The maximum atomic E-state index is 2.42. The third kappa shape index (κ3) is 2.24. The molecule has 1 nitrogen and oxygen atoms in total. The van der Waals surface area contributed by atoms with Gasteiger partial charge in [-0.15, -0.1) is 0 Å². The molecule has 0 radical (unpaired) electrons. The van der Waals surface area contributed by atoms with Crippen LogP contribution in [0.2, 0.25) is 0 Å². The van der Waals surface area contributed by atoms with Gasteiger partial charge in [-0.3, -0.25) is 4.90 Å². The van der Waals surface area contributed by atoms with Crippen LogP contribution in [0.3, 0.4) is 0 Å². The molecule has 0 saturated carbocycles. The smallest absolute Gasteiger partial charge is 0.0170 e. The molecule has 0 N–H and O–H groups in total. The van der Waals surface area contributed by atoms with Gasteiger partial charge in [0.2, 0.25) is 0 Å². The van der Waals surface area contributed by atoms with Gasteiger partial charge in [-0.25, -0.2) is 0 Å². The summed E-state index contributed by atoms with van der Waals surface area (Å²) in [5.74, 6) is 0. The van der Waals surface area contributed by atoms with Crippen molar-refractivity contribution in [2.45, 2.75) is 18.9 Å². The first-order chi connectivity index (χ1) is 6.86. The second kappa shape index (κ2) is 4.43. The number of likely N-dealkylation sites (N-methyl/N-ethyl adjacent to an activating group) is 1. The first-order valence-electron chi connectivity index (χ1n) is 5.25. The molecule has 1 heteroatoms. The van der Waals surface area contributed by atoms with E-state index in [4.69, 9.17) is 0 Å². The topological polar surface area (TPSA) is 3.24 Å². The summed E-state index contributed by atoms with van der Waals surface area (Å²) < 4.78 is 0. The molecule has 1 aromatic rings. The van der Waals surface area contributed by atoms with E-state index in [0.29, 0.717) is 6.04 Å². The summed E-state index contributed by atoms with van der Waals surface area (Å²) in [6.07, 6.45) is 6.90. The van der Waals surface area contributed by atoms with Gasteiger partial charge in [0.15, 0.2) is 0 Å². The third-order valence-electron chi connectivity index (χ3n) is 2.91. The monoisotopic (exact) mass is 187 g/mol. The lowest BCUT2D eigenvalue weighted by atomic mass is 10.00. The molecule has 0 spiro atoms. The zero-order valence-electron chi connectivity index (χ0n) is 8.69. The summed E-state index contributed by atoms with van der Waals surface area (Å²) >= 11 is 0. The van der Waals surface area contributed by atoms with Crippen LogP contribution in [0, 0.1) is 0 Å². The summed E-state index contributed by atoms with van der Waals surface area (Å²) in [5.41, 5.74) is 1.44.